The van der Waals surface area contributed by atoms with Crippen molar-refractivity contribution in [2.24, 2.45) is 0 Å². The summed E-state index contributed by atoms with van der Waals surface area (Å²) in [6.07, 6.45) is 0.509. The third-order valence-electron chi connectivity index (χ3n) is 4.36. The number of carbonyl (C=O) groups excluding carboxylic acids is 1. The summed E-state index contributed by atoms with van der Waals surface area (Å²) in [5, 5.41) is 3.41. The number of benzene rings is 1. The summed E-state index contributed by atoms with van der Waals surface area (Å²) in [5.41, 5.74) is 2.43. The molecule has 2 atom stereocenters. The van der Waals surface area contributed by atoms with Crippen LogP contribution in [0.1, 0.15) is 44.7 Å². The minimum absolute atomic E-state index is 0.239. The van der Waals surface area contributed by atoms with Crippen molar-refractivity contribution in [3.63, 3.8) is 0 Å². The van der Waals surface area contributed by atoms with Crippen LogP contribution in [0.25, 0.3) is 0 Å². The lowest BCUT2D eigenvalue weighted by molar-refractivity contribution is -0.134. The van der Waals surface area contributed by atoms with Crippen LogP contribution in [0, 0.1) is 0 Å². The van der Waals surface area contributed by atoms with E-state index in [9.17, 15) is 4.79 Å². The summed E-state index contributed by atoms with van der Waals surface area (Å²) in [6.45, 7) is 10.3. The van der Waals surface area contributed by atoms with Crippen molar-refractivity contribution in [1.29, 1.82) is 0 Å². The van der Waals surface area contributed by atoms with E-state index in [-0.39, 0.29) is 11.9 Å². The molecule has 2 rings (SSSR count). The summed E-state index contributed by atoms with van der Waals surface area (Å²) < 4.78 is 0. The molecular formula is C17H26N2O. The third-order valence-corrected chi connectivity index (χ3v) is 4.36. The van der Waals surface area contributed by atoms with Crippen molar-refractivity contribution in [1.82, 2.24) is 10.2 Å². The first-order valence-corrected chi connectivity index (χ1v) is 7.60. The minimum atomic E-state index is 0.239. The second-order valence-electron chi connectivity index (χ2n) is 6.14. The van der Waals surface area contributed by atoms with Crippen molar-refractivity contribution in [2.45, 2.75) is 52.1 Å². The molecule has 1 heterocycles. The Hall–Kier alpha value is -1.35. The van der Waals surface area contributed by atoms with E-state index in [4.69, 9.17) is 0 Å². The zero-order valence-electron chi connectivity index (χ0n) is 13.0. The van der Waals surface area contributed by atoms with Gasteiger partial charge in [-0.15, -0.1) is 0 Å². The largest absolute Gasteiger partial charge is 0.337 e. The number of carbonyl (C=O) groups is 1. The maximum atomic E-state index is 12.4. The molecule has 1 aliphatic heterocycles. The second kappa shape index (κ2) is 6.40. The van der Waals surface area contributed by atoms with Crippen molar-refractivity contribution in [3.8, 4) is 0 Å². The lowest BCUT2D eigenvalue weighted by Crippen LogP contribution is -2.57. The standard InChI is InChI=1S/C17H26N2O/c1-12(2)16-7-5-15(6-8-16)11-17(20)19-10-9-18-13(3)14(19)4/h5-8,12-14,18H,9-11H2,1-4H3. The SMILES string of the molecule is CC(C)c1ccc(CC(=O)N2CCNC(C)C2C)cc1. The van der Waals surface area contributed by atoms with Crippen LogP contribution in [0.5, 0.6) is 0 Å². The molecule has 0 saturated carbocycles. The quantitative estimate of drug-likeness (QED) is 0.919. The van der Waals surface area contributed by atoms with E-state index in [0.717, 1.165) is 18.7 Å². The zero-order chi connectivity index (χ0) is 14.7. The first kappa shape index (κ1) is 15.0. The molecule has 110 valence electrons. The van der Waals surface area contributed by atoms with Crippen LogP contribution in [0.2, 0.25) is 0 Å². The Balaban J connectivity index is 2.00. The highest BCUT2D eigenvalue weighted by atomic mass is 16.2. The highest BCUT2D eigenvalue weighted by Crippen LogP contribution is 2.16. The fourth-order valence-corrected chi connectivity index (χ4v) is 2.71. The molecule has 1 amide bonds. The van der Waals surface area contributed by atoms with Crippen molar-refractivity contribution < 1.29 is 4.79 Å². The first-order chi connectivity index (χ1) is 9.49. The average molecular weight is 274 g/mol. The van der Waals surface area contributed by atoms with Gasteiger partial charge in [0.05, 0.1) is 6.42 Å². The van der Waals surface area contributed by atoms with Crippen molar-refractivity contribution in [3.05, 3.63) is 35.4 Å². The van der Waals surface area contributed by atoms with Gasteiger partial charge in [-0.3, -0.25) is 4.79 Å². The lowest BCUT2D eigenvalue weighted by atomic mass is 10.00. The van der Waals surface area contributed by atoms with Gasteiger partial charge in [-0.2, -0.15) is 0 Å². The Kier molecular flexibility index (Phi) is 4.81. The molecule has 2 unspecified atom stereocenters. The molecule has 3 nitrogen and oxygen atoms in total. The highest BCUT2D eigenvalue weighted by molar-refractivity contribution is 5.79. The second-order valence-corrected chi connectivity index (χ2v) is 6.14. The molecule has 1 saturated heterocycles. The summed E-state index contributed by atoms with van der Waals surface area (Å²) in [5.74, 6) is 0.775. The Bertz CT molecular complexity index is 453. The molecule has 0 bridgehead atoms. The van der Waals surface area contributed by atoms with Gasteiger partial charge in [-0.1, -0.05) is 38.1 Å². The van der Waals surface area contributed by atoms with Crippen LogP contribution in [0.4, 0.5) is 0 Å². The zero-order valence-corrected chi connectivity index (χ0v) is 13.0. The van der Waals surface area contributed by atoms with E-state index in [0.29, 0.717) is 18.4 Å². The van der Waals surface area contributed by atoms with E-state index in [1.54, 1.807) is 0 Å². The van der Waals surface area contributed by atoms with Gasteiger partial charge in [0.2, 0.25) is 5.91 Å². The Morgan fingerprint density at radius 1 is 1.30 bits per heavy atom. The third kappa shape index (κ3) is 3.40. The van der Waals surface area contributed by atoms with Gasteiger partial charge in [0.1, 0.15) is 0 Å². The number of nitrogens with one attached hydrogen (secondary N) is 1. The first-order valence-electron chi connectivity index (χ1n) is 7.60. The van der Waals surface area contributed by atoms with Gasteiger partial charge in [0.15, 0.2) is 0 Å². The van der Waals surface area contributed by atoms with E-state index >= 15 is 0 Å². The molecule has 1 aromatic rings. The molecule has 1 aromatic carbocycles. The Morgan fingerprint density at radius 2 is 1.95 bits per heavy atom. The molecule has 0 aliphatic carbocycles. The van der Waals surface area contributed by atoms with Crippen LogP contribution in [0.3, 0.4) is 0 Å². The predicted molar refractivity (Wildman–Crippen MR) is 82.9 cm³/mol. The molecule has 0 spiro atoms. The minimum Gasteiger partial charge on any atom is -0.337 e. The van der Waals surface area contributed by atoms with Gasteiger partial charge in [0.25, 0.3) is 0 Å². The fraction of sp³-hybridized carbons (Fsp3) is 0.588. The smallest absolute Gasteiger partial charge is 0.227 e. The van der Waals surface area contributed by atoms with Gasteiger partial charge in [-0.05, 0) is 30.9 Å². The van der Waals surface area contributed by atoms with Crippen LogP contribution in [0.15, 0.2) is 24.3 Å². The summed E-state index contributed by atoms with van der Waals surface area (Å²) in [4.78, 5) is 14.5. The monoisotopic (exact) mass is 274 g/mol. The van der Waals surface area contributed by atoms with Crippen molar-refractivity contribution in [2.75, 3.05) is 13.1 Å². The van der Waals surface area contributed by atoms with Crippen LogP contribution < -0.4 is 5.32 Å². The van der Waals surface area contributed by atoms with Crippen LogP contribution in [-0.4, -0.2) is 36.0 Å². The molecule has 20 heavy (non-hydrogen) atoms. The predicted octanol–water partition coefficient (Wildman–Crippen LogP) is 2.56. The summed E-state index contributed by atoms with van der Waals surface area (Å²) >= 11 is 0. The lowest BCUT2D eigenvalue weighted by Gasteiger charge is -2.38. The number of piperazine rings is 1. The molecule has 0 radical (unpaired) electrons. The maximum Gasteiger partial charge on any atom is 0.227 e. The molecule has 0 aromatic heterocycles. The Labute approximate surface area is 122 Å². The van der Waals surface area contributed by atoms with E-state index < -0.39 is 0 Å². The summed E-state index contributed by atoms with van der Waals surface area (Å²) in [6, 6.07) is 9.09. The van der Waals surface area contributed by atoms with Gasteiger partial charge in [-0.25, -0.2) is 0 Å². The molecule has 1 aliphatic rings. The molecular weight excluding hydrogens is 248 g/mol. The van der Waals surface area contributed by atoms with Gasteiger partial charge >= 0.3 is 0 Å². The number of amides is 1. The normalized spacial score (nSPS) is 23.1. The van der Waals surface area contributed by atoms with E-state index in [1.165, 1.54) is 5.56 Å². The van der Waals surface area contributed by atoms with Crippen LogP contribution >= 0.6 is 0 Å². The number of hydrogen-bond donors (Lipinski definition) is 1. The molecule has 1 N–H and O–H groups in total. The van der Waals surface area contributed by atoms with Gasteiger partial charge in [0, 0.05) is 25.2 Å². The van der Waals surface area contributed by atoms with Gasteiger partial charge < -0.3 is 10.2 Å². The molecule has 3 heteroatoms. The molecule has 1 fully saturated rings. The highest BCUT2D eigenvalue weighted by Gasteiger charge is 2.27. The van der Waals surface area contributed by atoms with Crippen molar-refractivity contribution >= 4 is 5.91 Å². The maximum absolute atomic E-state index is 12.4. The van der Waals surface area contributed by atoms with E-state index in [1.807, 2.05) is 4.90 Å². The van der Waals surface area contributed by atoms with E-state index in [2.05, 4.69) is 57.3 Å². The number of rotatable bonds is 3. The number of nitrogens with zero attached hydrogens (tertiary/aromatic N) is 1. The van der Waals surface area contributed by atoms with Crippen LogP contribution in [-0.2, 0) is 11.2 Å². The summed E-state index contributed by atoms with van der Waals surface area (Å²) in [7, 11) is 0. The fourth-order valence-electron chi connectivity index (χ4n) is 2.71. The average Bonchev–Trinajstić information content (AvgIpc) is 2.42. The number of hydrogen-bond acceptors (Lipinski definition) is 2. The topological polar surface area (TPSA) is 32.3 Å². The Morgan fingerprint density at radius 3 is 2.55 bits per heavy atom.